The lowest BCUT2D eigenvalue weighted by molar-refractivity contribution is 0.347. The molecule has 0 radical (unpaired) electrons. The summed E-state index contributed by atoms with van der Waals surface area (Å²) in [7, 11) is 0. The van der Waals surface area contributed by atoms with Gasteiger partial charge in [0.1, 0.15) is 16.6 Å². The zero-order valence-corrected chi connectivity index (χ0v) is 13.4. The minimum absolute atomic E-state index is 0.259. The molecule has 1 aliphatic heterocycles. The largest absolute Gasteiger partial charge is 0.510 e. The second-order valence-electron chi connectivity index (χ2n) is 5.35. The van der Waals surface area contributed by atoms with Gasteiger partial charge in [0.05, 0.1) is 17.8 Å². The molecule has 0 saturated heterocycles. The maximum atomic E-state index is 10.2. The van der Waals surface area contributed by atoms with Crippen molar-refractivity contribution in [1.82, 2.24) is 9.88 Å². The number of benzene rings is 1. The molecule has 0 aliphatic carbocycles. The van der Waals surface area contributed by atoms with E-state index >= 15 is 0 Å². The molecule has 0 unspecified atom stereocenters. The summed E-state index contributed by atoms with van der Waals surface area (Å²) >= 11 is 1.48. The number of aliphatic hydroxyl groups is 1. The third-order valence-corrected chi connectivity index (χ3v) is 4.61. The first kappa shape index (κ1) is 14.8. The minimum Gasteiger partial charge on any atom is -0.510 e. The van der Waals surface area contributed by atoms with Crippen LogP contribution >= 0.6 is 11.3 Å². The summed E-state index contributed by atoms with van der Waals surface area (Å²) in [6, 6.07) is 9.97. The summed E-state index contributed by atoms with van der Waals surface area (Å²) in [4.78, 5) is 6.53. The third-order valence-electron chi connectivity index (χ3n) is 3.75. The minimum atomic E-state index is 0.259. The lowest BCUT2D eigenvalue weighted by Crippen LogP contribution is -2.27. The Morgan fingerprint density at radius 1 is 1.32 bits per heavy atom. The lowest BCUT2D eigenvalue weighted by Gasteiger charge is -2.17. The molecule has 0 amide bonds. The van der Waals surface area contributed by atoms with Crippen LogP contribution in [0.15, 0.2) is 41.5 Å². The van der Waals surface area contributed by atoms with Crippen molar-refractivity contribution in [2.24, 2.45) is 0 Å². The van der Waals surface area contributed by atoms with Crippen LogP contribution in [0.1, 0.15) is 24.8 Å². The second-order valence-corrected chi connectivity index (χ2v) is 6.21. The van der Waals surface area contributed by atoms with Crippen molar-refractivity contribution in [3.63, 3.8) is 0 Å². The summed E-state index contributed by atoms with van der Waals surface area (Å²) in [5.41, 5.74) is 2.53. The second kappa shape index (κ2) is 6.32. The van der Waals surface area contributed by atoms with Gasteiger partial charge in [0, 0.05) is 17.5 Å². The quantitative estimate of drug-likeness (QED) is 0.871. The molecule has 1 aromatic heterocycles. The number of unbranched alkanes of at least 4 members (excludes halogenated alkanes) is 1. The van der Waals surface area contributed by atoms with Gasteiger partial charge in [0.15, 0.2) is 0 Å². The van der Waals surface area contributed by atoms with E-state index in [1.54, 1.807) is 0 Å². The van der Waals surface area contributed by atoms with Gasteiger partial charge in [-0.1, -0.05) is 43.7 Å². The van der Waals surface area contributed by atoms with E-state index in [9.17, 15) is 5.11 Å². The predicted molar refractivity (Wildman–Crippen MR) is 91.3 cm³/mol. The number of nitrogens with zero attached hydrogens (tertiary/aromatic N) is 2. The Balaban J connectivity index is 1.84. The van der Waals surface area contributed by atoms with Crippen LogP contribution in [0.25, 0.3) is 16.8 Å². The fourth-order valence-electron chi connectivity index (χ4n) is 2.53. The molecule has 2 heterocycles. The van der Waals surface area contributed by atoms with Crippen molar-refractivity contribution >= 4 is 22.7 Å². The van der Waals surface area contributed by atoms with Crippen molar-refractivity contribution in [3.8, 4) is 11.3 Å². The summed E-state index contributed by atoms with van der Waals surface area (Å²) in [6.07, 6.45) is 2.10. The van der Waals surface area contributed by atoms with Crippen molar-refractivity contribution in [2.45, 2.75) is 19.8 Å². The molecule has 2 aromatic rings. The molecule has 0 atom stereocenters. The molecule has 0 fully saturated rings. The highest BCUT2D eigenvalue weighted by atomic mass is 32.1. The van der Waals surface area contributed by atoms with E-state index in [0.717, 1.165) is 35.7 Å². The average Bonchev–Trinajstić information content (AvgIpc) is 3.11. The van der Waals surface area contributed by atoms with E-state index in [1.807, 2.05) is 40.6 Å². The van der Waals surface area contributed by atoms with Crippen LogP contribution in [-0.2, 0) is 0 Å². The van der Waals surface area contributed by atoms with Crippen molar-refractivity contribution in [2.75, 3.05) is 13.1 Å². The van der Waals surface area contributed by atoms with Gasteiger partial charge in [-0.25, -0.2) is 4.98 Å². The zero-order chi connectivity index (χ0) is 15.5. The smallest absolute Gasteiger partial charge is 0.135 e. The average molecular weight is 313 g/mol. The lowest BCUT2D eigenvalue weighted by atomic mass is 10.2. The first-order valence-corrected chi connectivity index (χ1v) is 8.36. The number of aromatic nitrogens is 1. The summed E-state index contributed by atoms with van der Waals surface area (Å²) in [5.74, 6) is 0.648. The van der Waals surface area contributed by atoms with Gasteiger partial charge < -0.3 is 10.0 Å². The Kier molecular flexibility index (Phi) is 4.24. The standard InChI is InChI=1S/C17H19N3OS/c1-2-3-9-20-10-14(21)15(16(20)18)17-19-13(11-22-17)12-7-5-4-6-8-12/h4-8,11,18,21H,2-3,9-10H2,1H3. The molecule has 3 rings (SSSR count). The molecular weight excluding hydrogens is 294 g/mol. The predicted octanol–water partition coefficient (Wildman–Crippen LogP) is 4.17. The number of nitrogens with one attached hydrogen (secondary N) is 1. The number of hydrogen-bond donors (Lipinski definition) is 2. The van der Waals surface area contributed by atoms with E-state index in [-0.39, 0.29) is 5.76 Å². The van der Waals surface area contributed by atoms with Crippen molar-refractivity contribution in [1.29, 1.82) is 5.41 Å². The SMILES string of the molecule is CCCCN1CC(O)=C(c2nc(-c3ccccc3)cs2)C1=N. The van der Waals surface area contributed by atoms with E-state index in [4.69, 9.17) is 5.41 Å². The van der Waals surface area contributed by atoms with Crippen LogP contribution in [0.2, 0.25) is 0 Å². The molecule has 2 N–H and O–H groups in total. The molecule has 0 spiro atoms. The van der Waals surface area contributed by atoms with Crippen LogP contribution in [-0.4, -0.2) is 33.9 Å². The molecular formula is C17H19N3OS. The van der Waals surface area contributed by atoms with Gasteiger partial charge >= 0.3 is 0 Å². The van der Waals surface area contributed by atoms with Crippen LogP contribution in [0.4, 0.5) is 0 Å². The Morgan fingerprint density at radius 2 is 2.09 bits per heavy atom. The number of amidine groups is 1. The summed E-state index contributed by atoms with van der Waals surface area (Å²) < 4.78 is 0. The zero-order valence-electron chi connectivity index (χ0n) is 12.5. The molecule has 22 heavy (non-hydrogen) atoms. The van der Waals surface area contributed by atoms with Gasteiger partial charge in [-0.15, -0.1) is 11.3 Å². The number of thiazole rings is 1. The van der Waals surface area contributed by atoms with E-state index in [1.165, 1.54) is 11.3 Å². The number of aliphatic hydroxyl groups excluding tert-OH is 1. The molecule has 1 aliphatic rings. The topological polar surface area (TPSA) is 60.2 Å². The van der Waals surface area contributed by atoms with Crippen molar-refractivity contribution in [3.05, 3.63) is 46.5 Å². The summed E-state index contributed by atoms with van der Waals surface area (Å²) in [5, 5.41) is 21.2. The molecule has 0 saturated carbocycles. The van der Waals surface area contributed by atoms with Gasteiger partial charge in [-0.2, -0.15) is 0 Å². The monoisotopic (exact) mass is 313 g/mol. The van der Waals surface area contributed by atoms with Crippen LogP contribution in [0, 0.1) is 5.41 Å². The van der Waals surface area contributed by atoms with Gasteiger partial charge in [-0.05, 0) is 6.42 Å². The molecule has 0 bridgehead atoms. The number of hydrogen-bond acceptors (Lipinski definition) is 4. The van der Waals surface area contributed by atoms with Crippen LogP contribution in [0.3, 0.4) is 0 Å². The first-order chi connectivity index (χ1) is 10.7. The third kappa shape index (κ3) is 2.76. The van der Waals surface area contributed by atoms with Crippen molar-refractivity contribution < 1.29 is 5.11 Å². The highest BCUT2D eigenvalue weighted by Crippen LogP contribution is 2.32. The Labute approximate surface area is 134 Å². The first-order valence-electron chi connectivity index (χ1n) is 7.48. The Bertz CT molecular complexity index is 706. The Morgan fingerprint density at radius 3 is 2.82 bits per heavy atom. The number of rotatable bonds is 5. The Hall–Kier alpha value is -2.14. The molecule has 1 aromatic carbocycles. The highest BCUT2D eigenvalue weighted by Gasteiger charge is 2.29. The van der Waals surface area contributed by atoms with Crippen LogP contribution in [0.5, 0.6) is 0 Å². The van der Waals surface area contributed by atoms with E-state index in [2.05, 4.69) is 11.9 Å². The highest BCUT2D eigenvalue weighted by molar-refractivity contribution is 7.11. The molecule has 5 heteroatoms. The maximum absolute atomic E-state index is 10.2. The maximum Gasteiger partial charge on any atom is 0.135 e. The van der Waals surface area contributed by atoms with Gasteiger partial charge in [-0.3, -0.25) is 5.41 Å². The van der Waals surface area contributed by atoms with E-state index < -0.39 is 0 Å². The van der Waals surface area contributed by atoms with E-state index in [0.29, 0.717) is 18.0 Å². The molecule has 114 valence electrons. The molecule has 4 nitrogen and oxygen atoms in total. The summed E-state index contributed by atoms with van der Waals surface area (Å²) in [6.45, 7) is 3.36. The van der Waals surface area contributed by atoms with Crippen LogP contribution < -0.4 is 0 Å². The van der Waals surface area contributed by atoms with Gasteiger partial charge in [0.25, 0.3) is 0 Å². The normalized spacial score (nSPS) is 15.0. The fraction of sp³-hybridized carbons (Fsp3) is 0.294. The van der Waals surface area contributed by atoms with Gasteiger partial charge in [0.2, 0.25) is 0 Å². The fourth-order valence-corrected chi connectivity index (χ4v) is 3.42.